The van der Waals surface area contributed by atoms with E-state index in [2.05, 4.69) is 17.2 Å². The van der Waals surface area contributed by atoms with E-state index in [0.29, 0.717) is 10.2 Å². The SMILES string of the molecule is CCCc1cc2c(=O)n(C3CCNCC3)c(=O)[nH]c2s1. The first-order valence-corrected chi connectivity index (χ1v) is 8.00. The molecule has 3 rings (SSSR count). The van der Waals surface area contributed by atoms with Gasteiger partial charge in [0.15, 0.2) is 0 Å². The van der Waals surface area contributed by atoms with Crippen LogP contribution in [0.4, 0.5) is 0 Å². The van der Waals surface area contributed by atoms with Crippen molar-refractivity contribution in [2.45, 2.75) is 38.6 Å². The zero-order valence-corrected chi connectivity index (χ0v) is 12.4. The second-order valence-electron chi connectivity index (χ2n) is 5.29. The normalized spacial score (nSPS) is 16.9. The number of H-pyrrole nitrogens is 1. The highest BCUT2D eigenvalue weighted by molar-refractivity contribution is 7.18. The van der Waals surface area contributed by atoms with Crippen molar-refractivity contribution in [2.75, 3.05) is 13.1 Å². The van der Waals surface area contributed by atoms with Gasteiger partial charge in [0, 0.05) is 10.9 Å². The number of fused-ring (bicyclic) bond motifs is 1. The third kappa shape index (κ3) is 2.33. The number of hydrogen-bond acceptors (Lipinski definition) is 4. The Morgan fingerprint density at radius 1 is 1.35 bits per heavy atom. The van der Waals surface area contributed by atoms with Crippen LogP contribution < -0.4 is 16.6 Å². The lowest BCUT2D eigenvalue weighted by molar-refractivity contribution is 0.352. The van der Waals surface area contributed by atoms with Crippen LogP contribution in [0.5, 0.6) is 0 Å². The summed E-state index contributed by atoms with van der Waals surface area (Å²) in [6, 6.07) is 1.96. The van der Waals surface area contributed by atoms with Crippen LogP contribution in [0.15, 0.2) is 15.7 Å². The van der Waals surface area contributed by atoms with Gasteiger partial charge in [-0.25, -0.2) is 4.79 Å². The number of rotatable bonds is 3. The van der Waals surface area contributed by atoms with Crippen LogP contribution in [0.25, 0.3) is 10.2 Å². The van der Waals surface area contributed by atoms with E-state index < -0.39 is 0 Å². The molecule has 0 amide bonds. The van der Waals surface area contributed by atoms with E-state index in [1.165, 1.54) is 20.8 Å². The van der Waals surface area contributed by atoms with Gasteiger partial charge in [0.1, 0.15) is 4.83 Å². The van der Waals surface area contributed by atoms with Gasteiger partial charge in [-0.2, -0.15) is 0 Å². The molecule has 1 aliphatic heterocycles. The predicted molar refractivity (Wildman–Crippen MR) is 81.8 cm³/mol. The zero-order valence-electron chi connectivity index (χ0n) is 11.6. The summed E-state index contributed by atoms with van der Waals surface area (Å²) < 4.78 is 1.42. The summed E-state index contributed by atoms with van der Waals surface area (Å²) in [5.74, 6) is 0. The molecule has 1 aliphatic rings. The van der Waals surface area contributed by atoms with E-state index in [9.17, 15) is 9.59 Å². The minimum absolute atomic E-state index is 0.0198. The van der Waals surface area contributed by atoms with E-state index in [-0.39, 0.29) is 17.3 Å². The van der Waals surface area contributed by atoms with Crippen molar-refractivity contribution < 1.29 is 0 Å². The molecule has 0 aliphatic carbocycles. The molecule has 2 N–H and O–H groups in total. The maximum absolute atomic E-state index is 12.6. The van der Waals surface area contributed by atoms with Crippen molar-refractivity contribution in [1.29, 1.82) is 0 Å². The number of aromatic amines is 1. The van der Waals surface area contributed by atoms with Crippen LogP contribution in [0.2, 0.25) is 0 Å². The number of nitrogens with zero attached hydrogens (tertiary/aromatic N) is 1. The van der Waals surface area contributed by atoms with Gasteiger partial charge in [0.05, 0.1) is 5.39 Å². The first-order valence-electron chi connectivity index (χ1n) is 7.18. The molecule has 0 radical (unpaired) electrons. The number of aryl methyl sites for hydroxylation is 1. The first-order chi connectivity index (χ1) is 9.70. The average molecular weight is 293 g/mol. The summed E-state index contributed by atoms with van der Waals surface area (Å²) in [6.07, 6.45) is 3.66. The predicted octanol–water partition coefficient (Wildman–Crippen LogP) is 1.63. The number of nitrogens with one attached hydrogen (secondary N) is 2. The number of piperidine rings is 1. The summed E-state index contributed by atoms with van der Waals surface area (Å²) in [6.45, 7) is 3.83. The third-order valence-corrected chi connectivity index (χ3v) is 4.95. The molecule has 1 saturated heterocycles. The second-order valence-corrected chi connectivity index (χ2v) is 6.43. The Bertz CT molecular complexity index is 722. The van der Waals surface area contributed by atoms with E-state index in [4.69, 9.17) is 0 Å². The van der Waals surface area contributed by atoms with E-state index in [1.54, 1.807) is 0 Å². The van der Waals surface area contributed by atoms with Crippen molar-refractivity contribution in [3.63, 3.8) is 0 Å². The third-order valence-electron chi connectivity index (χ3n) is 3.84. The van der Waals surface area contributed by atoms with E-state index in [0.717, 1.165) is 38.8 Å². The van der Waals surface area contributed by atoms with Gasteiger partial charge < -0.3 is 5.32 Å². The number of hydrogen-bond donors (Lipinski definition) is 2. The molecule has 108 valence electrons. The van der Waals surface area contributed by atoms with Gasteiger partial charge in [-0.3, -0.25) is 14.3 Å². The van der Waals surface area contributed by atoms with Crippen LogP contribution in [-0.4, -0.2) is 22.6 Å². The standard InChI is InChI=1S/C14H19N3O2S/c1-2-3-10-8-11-12(20-10)16-14(19)17(13(11)18)9-4-6-15-7-5-9/h8-9,15H,2-7H2,1H3,(H,16,19). The fourth-order valence-corrected chi connectivity index (χ4v) is 3.98. The van der Waals surface area contributed by atoms with Crippen molar-refractivity contribution >= 4 is 21.6 Å². The van der Waals surface area contributed by atoms with Gasteiger partial charge >= 0.3 is 5.69 Å². The Labute approximate surface area is 120 Å². The van der Waals surface area contributed by atoms with Crippen molar-refractivity contribution in [3.8, 4) is 0 Å². The first kappa shape index (κ1) is 13.6. The lowest BCUT2D eigenvalue weighted by Gasteiger charge is -2.23. The molecule has 2 aromatic heterocycles. The van der Waals surface area contributed by atoms with Gasteiger partial charge in [0.25, 0.3) is 5.56 Å². The summed E-state index contributed by atoms with van der Waals surface area (Å²) in [5.41, 5.74) is -0.395. The molecule has 0 unspecified atom stereocenters. The molecule has 0 bridgehead atoms. The highest BCUT2D eigenvalue weighted by Crippen LogP contribution is 2.22. The monoisotopic (exact) mass is 293 g/mol. The molecule has 2 aromatic rings. The largest absolute Gasteiger partial charge is 0.329 e. The molecular formula is C14H19N3O2S. The molecule has 0 aromatic carbocycles. The fourth-order valence-electron chi connectivity index (χ4n) is 2.84. The second kappa shape index (κ2) is 5.54. The van der Waals surface area contributed by atoms with Crippen LogP contribution >= 0.6 is 11.3 Å². The maximum atomic E-state index is 12.6. The van der Waals surface area contributed by atoms with Crippen LogP contribution in [0.1, 0.15) is 37.1 Å². The van der Waals surface area contributed by atoms with Crippen LogP contribution in [-0.2, 0) is 6.42 Å². The molecule has 0 saturated carbocycles. The molecule has 5 nitrogen and oxygen atoms in total. The Morgan fingerprint density at radius 3 is 2.80 bits per heavy atom. The molecule has 0 spiro atoms. The topological polar surface area (TPSA) is 66.9 Å². The quantitative estimate of drug-likeness (QED) is 0.904. The molecule has 6 heteroatoms. The van der Waals surface area contributed by atoms with Gasteiger partial charge in [-0.15, -0.1) is 11.3 Å². The lowest BCUT2D eigenvalue weighted by Crippen LogP contribution is -2.41. The highest BCUT2D eigenvalue weighted by atomic mass is 32.1. The average Bonchev–Trinajstić information content (AvgIpc) is 2.83. The molecule has 0 atom stereocenters. The molecule has 3 heterocycles. The molecule has 1 fully saturated rings. The van der Waals surface area contributed by atoms with Gasteiger partial charge in [0.2, 0.25) is 0 Å². The van der Waals surface area contributed by atoms with Gasteiger partial charge in [-0.05, 0) is 38.4 Å². The lowest BCUT2D eigenvalue weighted by atomic mass is 10.1. The van der Waals surface area contributed by atoms with E-state index in [1.807, 2.05) is 6.07 Å². The Balaban J connectivity index is 2.12. The Morgan fingerprint density at radius 2 is 2.10 bits per heavy atom. The van der Waals surface area contributed by atoms with Crippen LogP contribution in [0, 0.1) is 0 Å². The van der Waals surface area contributed by atoms with Gasteiger partial charge in [-0.1, -0.05) is 13.3 Å². The Kier molecular flexibility index (Phi) is 3.76. The molecule has 20 heavy (non-hydrogen) atoms. The Hall–Kier alpha value is -1.40. The van der Waals surface area contributed by atoms with Crippen molar-refractivity contribution in [2.24, 2.45) is 0 Å². The smallest absolute Gasteiger partial charge is 0.317 e. The summed E-state index contributed by atoms with van der Waals surface area (Å²) in [4.78, 5) is 29.6. The van der Waals surface area contributed by atoms with Crippen molar-refractivity contribution in [1.82, 2.24) is 14.9 Å². The van der Waals surface area contributed by atoms with Crippen LogP contribution in [0.3, 0.4) is 0 Å². The minimum atomic E-state index is -0.265. The zero-order chi connectivity index (χ0) is 14.1. The van der Waals surface area contributed by atoms with E-state index >= 15 is 0 Å². The summed E-state index contributed by atoms with van der Waals surface area (Å²) in [5, 5.41) is 3.92. The highest BCUT2D eigenvalue weighted by Gasteiger charge is 2.20. The minimum Gasteiger partial charge on any atom is -0.317 e. The molecular weight excluding hydrogens is 274 g/mol. The summed E-state index contributed by atoms with van der Waals surface area (Å²) in [7, 11) is 0. The fraction of sp³-hybridized carbons (Fsp3) is 0.571. The maximum Gasteiger partial charge on any atom is 0.329 e. The van der Waals surface area contributed by atoms with Crippen molar-refractivity contribution in [3.05, 3.63) is 31.8 Å². The number of thiophene rings is 1. The number of aromatic nitrogens is 2. The summed E-state index contributed by atoms with van der Waals surface area (Å²) >= 11 is 1.52.